The van der Waals surface area contributed by atoms with E-state index in [9.17, 15) is 0 Å². The summed E-state index contributed by atoms with van der Waals surface area (Å²) in [5, 5.41) is 2.56. The molecule has 1 aliphatic carbocycles. The lowest BCUT2D eigenvalue weighted by atomic mass is 9.91. The molecule has 1 aliphatic rings. The van der Waals surface area contributed by atoms with Gasteiger partial charge < -0.3 is 9.47 Å². The van der Waals surface area contributed by atoms with Crippen molar-refractivity contribution in [1.29, 1.82) is 0 Å². The van der Waals surface area contributed by atoms with Gasteiger partial charge in [-0.3, -0.25) is 0 Å². The number of fused-ring (bicyclic) bond motifs is 3. The smallest absolute Gasteiger partial charge is 0.191 e. The molecule has 0 atom stereocenters. The lowest BCUT2D eigenvalue weighted by Gasteiger charge is -2.30. The Morgan fingerprint density at radius 2 is 1.82 bits per heavy atom. The lowest BCUT2D eigenvalue weighted by molar-refractivity contribution is -0.229. The molecule has 0 fully saturated rings. The highest BCUT2D eigenvalue weighted by Gasteiger charge is 2.28. The third-order valence-electron chi connectivity index (χ3n) is 4.38. The third-order valence-corrected chi connectivity index (χ3v) is 4.38. The van der Waals surface area contributed by atoms with Crippen molar-refractivity contribution in [2.75, 3.05) is 13.2 Å². The Labute approximate surface area is 132 Å². The van der Waals surface area contributed by atoms with E-state index in [-0.39, 0.29) is 0 Å². The molecule has 0 radical (unpaired) electrons. The fourth-order valence-corrected chi connectivity index (χ4v) is 3.30. The average molecular weight is 296 g/mol. The van der Waals surface area contributed by atoms with Gasteiger partial charge in [0.2, 0.25) is 0 Å². The van der Waals surface area contributed by atoms with E-state index in [0.717, 1.165) is 18.4 Å². The van der Waals surface area contributed by atoms with Crippen LogP contribution in [-0.4, -0.2) is 13.2 Å². The molecule has 116 valence electrons. The summed E-state index contributed by atoms with van der Waals surface area (Å²) in [6, 6.07) is 11.0. The molecule has 2 nitrogen and oxygen atoms in total. The van der Waals surface area contributed by atoms with Gasteiger partial charge >= 0.3 is 0 Å². The fourth-order valence-electron chi connectivity index (χ4n) is 3.30. The van der Waals surface area contributed by atoms with E-state index in [1.165, 1.54) is 21.9 Å². The van der Waals surface area contributed by atoms with Crippen LogP contribution in [0.5, 0.6) is 0 Å². The first-order valence-corrected chi connectivity index (χ1v) is 8.18. The second kappa shape index (κ2) is 6.23. The molecule has 0 saturated heterocycles. The van der Waals surface area contributed by atoms with Crippen LogP contribution >= 0.6 is 0 Å². The highest BCUT2D eigenvalue weighted by Crippen LogP contribution is 2.33. The van der Waals surface area contributed by atoms with E-state index in [2.05, 4.69) is 42.5 Å². The Balaban J connectivity index is 2.09. The molecule has 2 heteroatoms. The number of benzene rings is 2. The molecular weight excluding hydrogens is 272 g/mol. The predicted octanol–water partition coefficient (Wildman–Crippen LogP) is 5.04. The molecular formula is C20H24O2. The van der Waals surface area contributed by atoms with E-state index < -0.39 is 5.79 Å². The minimum atomic E-state index is -0.677. The van der Waals surface area contributed by atoms with E-state index in [0.29, 0.717) is 13.2 Å². The zero-order chi connectivity index (χ0) is 15.6. The Bertz CT molecular complexity index is 694. The Morgan fingerprint density at radius 1 is 1.05 bits per heavy atom. The average Bonchev–Trinajstić information content (AvgIpc) is 2.54. The van der Waals surface area contributed by atoms with Gasteiger partial charge in [0.25, 0.3) is 0 Å². The molecule has 0 spiro atoms. The van der Waals surface area contributed by atoms with Crippen molar-refractivity contribution in [3.05, 3.63) is 53.1 Å². The minimum absolute atomic E-state index is 0.626. The van der Waals surface area contributed by atoms with Gasteiger partial charge in [-0.1, -0.05) is 36.4 Å². The van der Waals surface area contributed by atoms with E-state index >= 15 is 0 Å². The number of aryl methyl sites for hydroxylation is 1. The quantitative estimate of drug-likeness (QED) is 0.719. The monoisotopic (exact) mass is 296 g/mol. The maximum atomic E-state index is 5.88. The van der Waals surface area contributed by atoms with Crippen molar-refractivity contribution >= 4 is 16.8 Å². The number of hydrogen-bond donors (Lipinski definition) is 0. The van der Waals surface area contributed by atoms with Crippen molar-refractivity contribution in [3.63, 3.8) is 0 Å². The van der Waals surface area contributed by atoms with E-state index in [4.69, 9.17) is 9.47 Å². The normalized spacial score (nSPS) is 14.3. The molecule has 0 saturated carbocycles. The Morgan fingerprint density at radius 3 is 2.55 bits per heavy atom. The molecule has 0 N–H and O–H groups in total. The summed E-state index contributed by atoms with van der Waals surface area (Å²) in [4.78, 5) is 0. The van der Waals surface area contributed by atoms with Crippen LogP contribution in [0.3, 0.4) is 0 Å². The van der Waals surface area contributed by atoms with Crippen molar-refractivity contribution in [1.82, 2.24) is 0 Å². The number of rotatable bonds is 5. The molecule has 2 aromatic carbocycles. The van der Waals surface area contributed by atoms with Crippen LogP contribution in [0.15, 0.2) is 36.4 Å². The summed E-state index contributed by atoms with van der Waals surface area (Å²) < 4.78 is 11.8. The highest BCUT2D eigenvalue weighted by molar-refractivity contribution is 5.93. The standard InChI is InChI=1S/C20H24O2/c1-4-21-20(3,22-5-2)17-12-13-19-16(14-17)11-10-15-8-6-7-9-18(15)19/h7,9-14H,4-6,8H2,1-3H3. The van der Waals surface area contributed by atoms with Gasteiger partial charge in [0.1, 0.15) is 0 Å². The summed E-state index contributed by atoms with van der Waals surface area (Å²) in [5.41, 5.74) is 3.88. The molecule has 3 rings (SSSR count). The summed E-state index contributed by atoms with van der Waals surface area (Å²) in [7, 11) is 0. The molecule has 0 amide bonds. The highest BCUT2D eigenvalue weighted by atomic mass is 16.7. The molecule has 0 aromatic heterocycles. The van der Waals surface area contributed by atoms with Gasteiger partial charge in [0, 0.05) is 18.8 Å². The van der Waals surface area contributed by atoms with Crippen molar-refractivity contribution in [3.8, 4) is 0 Å². The number of allylic oxidation sites excluding steroid dienone is 1. The van der Waals surface area contributed by atoms with Crippen LogP contribution in [0.25, 0.3) is 16.8 Å². The van der Waals surface area contributed by atoms with Crippen molar-refractivity contribution in [2.45, 2.75) is 39.4 Å². The number of hydrogen-bond acceptors (Lipinski definition) is 2. The number of ether oxygens (including phenoxy) is 2. The van der Waals surface area contributed by atoms with Crippen LogP contribution in [0.2, 0.25) is 0 Å². The fraction of sp³-hybridized carbons (Fsp3) is 0.400. The molecule has 2 aromatic rings. The van der Waals surface area contributed by atoms with Crippen LogP contribution < -0.4 is 0 Å². The first-order chi connectivity index (χ1) is 10.7. The van der Waals surface area contributed by atoms with Gasteiger partial charge in [-0.05, 0) is 61.6 Å². The van der Waals surface area contributed by atoms with Crippen LogP contribution in [-0.2, 0) is 21.7 Å². The minimum Gasteiger partial charge on any atom is -0.346 e. The summed E-state index contributed by atoms with van der Waals surface area (Å²) >= 11 is 0. The SMILES string of the molecule is CCOC(C)(OCC)c1ccc2c3c(ccc2c1)CCC=C3. The first kappa shape index (κ1) is 15.3. The van der Waals surface area contributed by atoms with Crippen molar-refractivity contribution in [2.24, 2.45) is 0 Å². The molecule has 22 heavy (non-hydrogen) atoms. The maximum absolute atomic E-state index is 5.88. The van der Waals surface area contributed by atoms with Gasteiger partial charge in [-0.15, -0.1) is 0 Å². The zero-order valence-electron chi connectivity index (χ0n) is 13.7. The lowest BCUT2D eigenvalue weighted by Crippen LogP contribution is -2.29. The zero-order valence-corrected chi connectivity index (χ0v) is 13.7. The summed E-state index contributed by atoms with van der Waals surface area (Å²) in [6.07, 6.45) is 6.80. The van der Waals surface area contributed by atoms with Crippen LogP contribution in [0.4, 0.5) is 0 Å². The predicted molar refractivity (Wildman–Crippen MR) is 91.9 cm³/mol. The Kier molecular flexibility index (Phi) is 4.32. The summed E-state index contributed by atoms with van der Waals surface area (Å²) in [6.45, 7) is 7.25. The van der Waals surface area contributed by atoms with Gasteiger partial charge in [-0.2, -0.15) is 0 Å². The van der Waals surface area contributed by atoms with Crippen LogP contribution in [0.1, 0.15) is 43.9 Å². The molecule has 0 heterocycles. The molecule has 0 unspecified atom stereocenters. The largest absolute Gasteiger partial charge is 0.346 e. The van der Waals surface area contributed by atoms with E-state index in [1.54, 1.807) is 0 Å². The summed E-state index contributed by atoms with van der Waals surface area (Å²) in [5.74, 6) is -0.677. The Hall–Kier alpha value is -1.64. The van der Waals surface area contributed by atoms with Crippen LogP contribution in [0, 0.1) is 0 Å². The van der Waals surface area contributed by atoms with Crippen molar-refractivity contribution < 1.29 is 9.47 Å². The third kappa shape index (κ3) is 2.69. The van der Waals surface area contributed by atoms with Gasteiger partial charge in [0.05, 0.1) is 0 Å². The van der Waals surface area contributed by atoms with Gasteiger partial charge in [-0.25, -0.2) is 0 Å². The molecule has 0 bridgehead atoms. The van der Waals surface area contributed by atoms with Gasteiger partial charge in [0.15, 0.2) is 5.79 Å². The second-order valence-corrected chi connectivity index (χ2v) is 5.83. The second-order valence-electron chi connectivity index (χ2n) is 5.83. The van der Waals surface area contributed by atoms with E-state index in [1.807, 2.05) is 20.8 Å². The topological polar surface area (TPSA) is 18.5 Å². The maximum Gasteiger partial charge on any atom is 0.191 e. The first-order valence-electron chi connectivity index (χ1n) is 8.18. The molecule has 0 aliphatic heterocycles.